The van der Waals surface area contributed by atoms with Crippen LogP contribution in [-0.2, 0) is 19.2 Å². The summed E-state index contributed by atoms with van der Waals surface area (Å²) in [6, 6.07) is 12.0. The fraction of sp³-hybridized carbons (Fsp3) is 0.385. The van der Waals surface area contributed by atoms with Crippen LogP contribution in [0.1, 0.15) is 18.9 Å². The summed E-state index contributed by atoms with van der Waals surface area (Å²) >= 11 is 0. The summed E-state index contributed by atoms with van der Waals surface area (Å²) in [6.07, 6.45) is 0.528. The summed E-state index contributed by atoms with van der Waals surface area (Å²) in [7, 11) is 3.16. The standard InChI is InChI=1S/C26H24N2O7/c1-12(29)34-15-7-5-14(6-8-15)28-25(30)20-16-11-17(21(20)26(28)31)24-22(16)23(27-35-24)13-4-9-18(32-2)19(10-13)33-3/h4-10,16-17,20-22,24H,11H2,1-3H3/t16-,17-,20-,21-,22-,24+/m0/s1. The van der Waals surface area contributed by atoms with Gasteiger partial charge in [-0.15, -0.1) is 0 Å². The van der Waals surface area contributed by atoms with E-state index in [0.29, 0.717) is 22.9 Å². The molecule has 2 aromatic carbocycles. The van der Waals surface area contributed by atoms with Crippen molar-refractivity contribution in [2.75, 3.05) is 19.1 Å². The van der Waals surface area contributed by atoms with Gasteiger partial charge in [-0.05, 0) is 54.8 Å². The van der Waals surface area contributed by atoms with Gasteiger partial charge in [-0.1, -0.05) is 5.16 Å². The number of amides is 2. The molecule has 1 saturated heterocycles. The number of rotatable bonds is 5. The Morgan fingerprint density at radius 3 is 2.29 bits per heavy atom. The zero-order valence-corrected chi connectivity index (χ0v) is 19.5. The van der Waals surface area contributed by atoms with Gasteiger partial charge in [0.05, 0.1) is 37.5 Å². The number of hydrogen-bond donors (Lipinski definition) is 0. The minimum atomic E-state index is -0.435. The smallest absolute Gasteiger partial charge is 0.308 e. The monoisotopic (exact) mass is 476 g/mol. The van der Waals surface area contributed by atoms with Crippen molar-refractivity contribution in [1.82, 2.24) is 0 Å². The van der Waals surface area contributed by atoms with E-state index < -0.39 is 17.8 Å². The molecule has 4 aliphatic rings. The van der Waals surface area contributed by atoms with Crippen molar-refractivity contribution < 1.29 is 33.4 Å². The molecule has 0 spiro atoms. The summed E-state index contributed by atoms with van der Waals surface area (Å²) in [5.74, 6) is -0.253. The highest BCUT2D eigenvalue weighted by molar-refractivity contribution is 6.23. The van der Waals surface area contributed by atoms with E-state index in [2.05, 4.69) is 5.16 Å². The second-order valence-corrected chi connectivity index (χ2v) is 9.36. The molecule has 2 saturated carbocycles. The Balaban J connectivity index is 1.28. The number of esters is 1. The van der Waals surface area contributed by atoms with Crippen LogP contribution in [0.3, 0.4) is 0 Å². The van der Waals surface area contributed by atoms with Gasteiger partial charge in [-0.3, -0.25) is 19.3 Å². The minimum absolute atomic E-state index is 0.0360. The predicted molar refractivity (Wildman–Crippen MR) is 123 cm³/mol. The zero-order valence-electron chi connectivity index (χ0n) is 19.5. The van der Waals surface area contributed by atoms with Crippen molar-refractivity contribution in [1.29, 1.82) is 0 Å². The van der Waals surface area contributed by atoms with E-state index in [1.165, 1.54) is 11.8 Å². The van der Waals surface area contributed by atoms with Crippen molar-refractivity contribution in [3.63, 3.8) is 0 Å². The Hall–Kier alpha value is -3.88. The number of imide groups is 1. The first-order chi connectivity index (χ1) is 16.9. The van der Waals surface area contributed by atoms with E-state index in [-0.39, 0.29) is 35.7 Å². The number of nitrogens with zero attached hydrogens (tertiary/aromatic N) is 2. The van der Waals surface area contributed by atoms with Gasteiger partial charge in [0.2, 0.25) is 11.8 Å². The van der Waals surface area contributed by atoms with Crippen LogP contribution in [0.15, 0.2) is 47.6 Å². The number of ether oxygens (including phenoxy) is 3. The molecule has 9 heteroatoms. The Kier molecular flexibility index (Phi) is 4.84. The molecule has 6 atom stereocenters. The summed E-state index contributed by atoms with van der Waals surface area (Å²) in [5, 5.41) is 4.39. The Bertz CT molecular complexity index is 1270. The van der Waals surface area contributed by atoms with Crippen molar-refractivity contribution in [2.24, 2.45) is 34.7 Å². The highest BCUT2D eigenvalue weighted by Crippen LogP contribution is 2.62. The number of methoxy groups -OCH3 is 2. The van der Waals surface area contributed by atoms with Gasteiger partial charge in [0.25, 0.3) is 0 Å². The number of benzene rings is 2. The Morgan fingerprint density at radius 2 is 1.63 bits per heavy atom. The lowest BCUT2D eigenvalue weighted by Crippen LogP contribution is -2.41. The van der Waals surface area contributed by atoms with Crippen LogP contribution in [0, 0.1) is 29.6 Å². The number of oxime groups is 1. The highest BCUT2D eigenvalue weighted by Gasteiger charge is 2.70. The third-order valence-corrected chi connectivity index (χ3v) is 7.73. The Labute approximate surface area is 201 Å². The molecule has 0 radical (unpaired) electrons. The number of anilines is 1. The van der Waals surface area contributed by atoms with Crippen LogP contribution in [0.25, 0.3) is 0 Å². The molecule has 2 aliphatic heterocycles. The SMILES string of the molecule is COc1ccc(C2=NO[C@@H]3[C@H]4C[C@H]([C@@H]23)[C@@H]2C(=O)N(c3ccc(OC(C)=O)cc3)C(=O)[C@@H]42)cc1OC. The molecule has 3 fully saturated rings. The topological polar surface area (TPSA) is 104 Å². The van der Waals surface area contributed by atoms with E-state index in [1.807, 2.05) is 18.2 Å². The number of fused-ring (bicyclic) bond motifs is 8. The van der Waals surface area contributed by atoms with Gasteiger partial charge in [-0.25, -0.2) is 0 Å². The van der Waals surface area contributed by atoms with E-state index in [9.17, 15) is 14.4 Å². The molecule has 2 aliphatic carbocycles. The van der Waals surface area contributed by atoms with Crippen molar-refractivity contribution >= 4 is 29.2 Å². The molecule has 0 aromatic heterocycles. The van der Waals surface area contributed by atoms with E-state index in [4.69, 9.17) is 19.0 Å². The van der Waals surface area contributed by atoms with Crippen LogP contribution < -0.4 is 19.1 Å². The van der Waals surface area contributed by atoms with E-state index in [0.717, 1.165) is 17.7 Å². The quantitative estimate of drug-likeness (QED) is 0.371. The van der Waals surface area contributed by atoms with Crippen LogP contribution in [-0.4, -0.2) is 43.8 Å². The van der Waals surface area contributed by atoms with Gasteiger partial charge in [0, 0.05) is 24.3 Å². The summed E-state index contributed by atoms with van der Waals surface area (Å²) < 4.78 is 15.9. The summed E-state index contributed by atoms with van der Waals surface area (Å²) in [5.41, 5.74) is 2.12. The van der Waals surface area contributed by atoms with Crippen LogP contribution in [0.4, 0.5) is 5.69 Å². The molecule has 2 amide bonds. The Morgan fingerprint density at radius 1 is 0.943 bits per heavy atom. The normalized spacial score (nSPS) is 30.0. The molecule has 9 nitrogen and oxygen atoms in total. The van der Waals surface area contributed by atoms with Crippen LogP contribution in [0.5, 0.6) is 17.2 Å². The number of carbonyl (C=O) groups excluding carboxylic acids is 3. The molecule has 0 N–H and O–H groups in total. The lowest BCUT2D eigenvalue weighted by Gasteiger charge is -2.29. The maximum atomic E-state index is 13.6. The molecule has 2 bridgehead atoms. The fourth-order valence-electron chi connectivity index (χ4n) is 6.44. The third-order valence-electron chi connectivity index (χ3n) is 7.73. The molecular weight excluding hydrogens is 452 g/mol. The maximum Gasteiger partial charge on any atom is 0.308 e. The predicted octanol–water partition coefficient (Wildman–Crippen LogP) is 2.80. The third kappa shape index (κ3) is 3.07. The molecule has 35 heavy (non-hydrogen) atoms. The fourth-order valence-corrected chi connectivity index (χ4v) is 6.44. The largest absolute Gasteiger partial charge is 0.493 e. The lowest BCUT2D eigenvalue weighted by atomic mass is 9.71. The highest BCUT2D eigenvalue weighted by atomic mass is 16.6. The second kappa shape index (κ2) is 7.83. The zero-order chi connectivity index (χ0) is 24.4. The molecular formula is C26H24N2O7. The second-order valence-electron chi connectivity index (χ2n) is 9.36. The van der Waals surface area contributed by atoms with Crippen molar-refractivity contribution in [2.45, 2.75) is 19.4 Å². The van der Waals surface area contributed by atoms with Gasteiger partial charge < -0.3 is 19.0 Å². The molecule has 6 rings (SSSR count). The summed E-state index contributed by atoms with van der Waals surface area (Å²) in [6.45, 7) is 1.32. The number of hydrogen-bond acceptors (Lipinski definition) is 8. The molecule has 180 valence electrons. The van der Waals surface area contributed by atoms with Gasteiger partial charge >= 0.3 is 5.97 Å². The maximum absolute atomic E-state index is 13.6. The van der Waals surface area contributed by atoms with Gasteiger partial charge in [0.15, 0.2) is 11.5 Å². The first-order valence-electron chi connectivity index (χ1n) is 11.5. The van der Waals surface area contributed by atoms with Crippen LogP contribution in [0.2, 0.25) is 0 Å². The first kappa shape index (κ1) is 21.6. The average Bonchev–Trinajstić information content (AvgIpc) is 3.59. The number of carbonyl (C=O) groups is 3. The molecule has 0 unspecified atom stereocenters. The average molecular weight is 476 g/mol. The van der Waals surface area contributed by atoms with E-state index >= 15 is 0 Å². The van der Waals surface area contributed by atoms with Gasteiger partial charge in [0.1, 0.15) is 11.9 Å². The van der Waals surface area contributed by atoms with Crippen molar-refractivity contribution in [3.05, 3.63) is 48.0 Å². The lowest BCUT2D eigenvalue weighted by molar-refractivity contribution is -0.132. The minimum Gasteiger partial charge on any atom is -0.493 e. The summed E-state index contributed by atoms with van der Waals surface area (Å²) in [4.78, 5) is 45.4. The molecule has 2 aromatic rings. The first-order valence-corrected chi connectivity index (χ1v) is 11.5. The van der Waals surface area contributed by atoms with E-state index in [1.54, 1.807) is 38.5 Å². The molecule has 2 heterocycles. The van der Waals surface area contributed by atoms with Crippen LogP contribution >= 0.6 is 0 Å². The van der Waals surface area contributed by atoms with Crippen molar-refractivity contribution in [3.8, 4) is 17.2 Å². The van der Waals surface area contributed by atoms with Gasteiger partial charge in [-0.2, -0.15) is 0 Å².